The van der Waals surface area contributed by atoms with Gasteiger partial charge in [-0.3, -0.25) is 4.99 Å². The Bertz CT molecular complexity index is 399. The van der Waals surface area contributed by atoms with Crippen molar-refractivity contribution >= 4 is 16.9 Å². The first-order valence-electron chi connectivity index (χ1n) is 5.79. The largest absolute Gasteiger partial charge is 0.381 e. The van der Waals surface area contributed by atoms with Gasteiger partial charge in [-0.25, -0.2) is 0 Å². The van der Waals surface area contributed by atoms with Crippen LogP contribution < -0.4 is 5.32 Å². The molecule has 92 valence electrons. The predicted molar refractivity (Wildman–Crippen MR) is 66.0 cm³/mol. The molecule has 0 bridgehead atoms. The lowest BCUT2D eigenvalue weighted by Gasteiger charge is -2.32. The molecule has 2 saturated heterocycles. The molecule has 6 heteroatoms. The second-order valence-electron chi connectivity index (χ2n) is 4.42. The van der Waals surface area contributed by atoms with Gasteiger partial charge in [0.05, 0.1) is 12.1 Å². The molecule has 2 aliphatic rings. The van der Waals surface area contributed by atoms with E-state index in [0.717, 1.165) is 42.7 Å². The molecule has 17 heavy (non-hydrogen) atoms. The van der Waals surface area contributed by atoms with Gasteiger partial charge in [-0.2, -0.15) is 0 Å². The minimum Gasteiger partial charge on any atom is -0.381 e. The zero-order valence-electron chi connectivity index (χ0n) is 9.52. The number of aromatic nitrogens is 1. The van der Waals surface area contributed by atoms with Crippen molar-refractivity contribution in [2.24, 2.45) is 4.99 Å². The summed E-state index contributed by atoms with van der Waals surface area (Å²) in [6.45, 7) is 2.28. The van der Waals surface area contributed by atoms with E-state index < -0.39 is 0 Å². The fourth-order valence-electron chi connectivity index (χ4n) is 2.09. The van der Waals surface area contributed by atoms with E-state index in [1.807, 2.05) is 6.07 Å². The summed E-state index contributed by atoms with van der Waals surface area (Å²) >= 11 is 1.79. The van der Waals surface area contributed by atoms with Gasteiger partial charge in [-0.15, -0.1) is 0 Å². The van der Waals surface area contributed by atoms with Crippen LogP contribution in [0.1, 0.15) is 18.5 Å². The Balaban J connectivity index is 1.61. The summed E-state index contributed by atoms with van der Waals surface area (Å²) in [5, 5.41) is 8.41. The highest BCUT2D eigenvalue weighted by atomic mass is 32.2. The Hall–Kier alpha value is -1.01. The van der Waals surface area contributed by atoms with Crippen LogP contribution in [-0.2, 0) is 11.3 Å². The second-order valence-corrected chi connectivity index (χ2v) is 5.38. The summed E-state index contributed by atoms with van der Waals surface area (Å²) < 4.78 is 10.2. The summed E-state index contributed by atoms with van der Waals surface area (Å²) in [6.07, 6.45) is 3.72. The van der Waals surface area contributed by atoms with E-state index in [4.69, 9.17) is 9.26 Å². The molecule has 0 radical (unpaired) electrons. The standard InChI is InChI=1S/C11H15N3O2S/c1-4-16-14-9(1)7-12-10-13-11(8-17-10)2-5-15-6-3-11/h1,4H,2-3,5-8H2,(H,12,13). The van der Waals surface area contributed by atoms with Gasteiger partial charge in [0.25, 0.3) is 0 Å². The number of hydrogen-bond acceptors (Lipinski definition) is 5. The summed E-state index contributed by atoms with van der Waals surface area (Å²) in [6, 6.07) is 1.84. The van der Waals surface area contributed by atoms with Crippen molar-refractivity contribution in [3.63, 3.8) is 0 Å². The Kier molecular flexibility index (Phi) is 3.07. The number of amidine groups is 1. The highest BCUT2D eigenvalue weighted by molar-refractivity contribution is 8.14. The van der Waals surface area contributed by atoms with Crippen molar-refractivity contribution in [3.8, 4) is 0 Å². The van der Waals surface area contributed by atoms with Crippen LogP contribution in [0.4, 0.5) is 0 Å². The highest BCUT2D eigenvalue weighted by Gasteiger charge is 2.38. The maximum Gasteiger partial charge on any atom is 0.157 e. The van der Waals surface area contributed by atoms with Crippen molar-refractivity contribution in [2.45, 2.75) is 24.9 Å². The van der Waals surface area contributed by atoms with Crippen LogP contribution >= 0.6 is 11.8 Å². The lowest BCUT2D eigenvalue weighted by Crippen LogP contribution is -2.48. The van der Waals surface area contributed by atoms with Gasteiger partial charge in [0.1, 0.15) is 12.0 Å². The van der Waals surface area contributed by atoms with Gasteiger partial charge in [-0.05, 0) is 12.8 Å². The fourth-order valence-corrected chi connectivity index (χ4v) is 3.31. The summed E-state index contributed by atoms with van der Waals surface area (Å²) in [5.41, 5.74) is 1.08. The van der Waals surface area contributed by atoms with E-state index >= 15 is 0 Å². The normalized spacial score (nSPS) is 25.3. The third-order valence-corrected chi connectivity index (χ3v) is 4.38. The number of ether oxygens (including phenoxy) is 1. The minimum atomic E-state index is 0.214. The van der Waals surface area contributed by atoms with Gasteiger partial charge in [0.15, 0.2) is 5.17 Å². The Morgan fingerprint density at radius 3 is 3.12 bits per heavy atom. The molecule has 0 saturated carbocycles. The molecule has 1 N–H and O–H groups in total. The van der Waals surface area contributed by atoms with Crippen molar-refractivity contribution in [1.29, 1.82) is 0 Å². The van der Waals surface area contributed by atoms with Gasteiger partial charge in [0.2, 0.25) is 0 Å². The predicted octanol–water partition coefficient (Wildman–Crippen LogP) is 1.42. The maximum atomic E-state index is 5.40. The first-order chi connectivity index (χ1) is 8.36. The molecule has 2 fully saturated rings. The lowest BCUT2D eigenvalue weighted by molar-refractivity contribution is 0.0555. The first kappa shape index (κ1) is 11.1. The molecule has 1 aromatic rings. The van der Waals surface area contributed by atoms with Crippen LogP contribution in [0.5, 0.6) is 0 Å². The third-order valence-electron chi connectivity index (χ3n) is 3.18. The zero-order chi connectivity index (χ0) is 11.6. The topological polar surface area (TPSA) is 59.7 Å². The lowest BCUT2D eigenvalue weighted by atomic mass is 9.93. The Labute approximate surface area is 104 Å². The van der Waals surface area contributed by atoms with Crippen LogP contribution in [0.15, 0.2) is 21.8 Å². The quantitative estimate of drug-likeness (QED) is 0.863. The van der Waals surface area contributed by atoms with E-state index in [2.05, 4.69) is 15.5 Å². The molecule has 2 aliphatic heterocycles. The van der Waals surface area contributed by atoms with Crippen LogP contribution in [-0.4, -0.2) is 34.8 Å². The van der Waals surface area contributed by atoms with E-state index in [1.165, 1.54) is 0 Å². The van der Waals surface area contributed by atoms with Gasteiger partial charge < -0.3 is 14.6 Å². The van der Waals surface area contributed by atoms with E-state index in [9.17, 15) is 0 Å². The number of aliphatic imine (C=N–C) groups is 1. The monoisotopic (exact) mass is 253 g/mol. The smallest absolute Gasteiger partial charge is 0.157 e. The number of thioether (sulfide) groups is 1. The van der Waals surface area contributed by atoms with Gasteiger partial charge in [0, 0.05) is 25.0 Å². The SMILES string of the molecule is c1cc(CN=C2NC3(CCOCC3)CS2)no1. The number of nitrogens with one attached hydrogen (secondary N) is 1. The van der Waals surface area contributed by atoms with Gasteiger partial charge in [-0.1, -0.05) is 16.9 Å². The van der Waals surface area contributed by atoms with Crippen molar-refractivity contribution in [1.82, 2.24) is 10.5 Å². The number of hydrogen-bond donors (Lipinski definition) is 1. The first-order valence-corrected chi connectivity index (χ1v) is 6.77. The fraction of sp³-hybridized carbons (Fsp3) is 0.636. The number of nitrogens with zero attached hydrogens (tertiary/aromatic N) is 2. The average Bonchev–Trinajstić information content (AvgIpc) is 2.98. The summed E-state index contributed by atoms with van der Waals surface area (Å²) in [4.78, 5) is 4.52. The molecular weight excluding hydrogens is 238 g/mol. The van der Waals surface area contributed by atoms with Crippen LogP contribution in [0.2, 0.25) is 0 Å². The van der Waals surface area contributed by atoms with E-state index in [1.54, 1.807) is 18.0 Å². The molecular formula is C11H15N3O2S. The minimum absolute atomic E-state index is 0.214. The molecule has 3 heterocycles. The molecule has 5 nitrogen and oxygen atoms in total. The average molecular weight is 253 g/mol. The molecule has 0 unspecified atom stereocenters. The molecule has 1 aromatic heterocycles. The number of rotatable bonds is 2. The Morgan fingerprint density at radius 1 is 1.47 bits per heavy atom. The van der Waals surface area contributed by atoms with Gasteiger partial charge >= 0.3 is 0 Å². The molecule has 0 amide bonds. The van der Waals surface area contributed by atoms with Crippen LogP contribution in [0.25, 0.3) is 0 Å². The van der Waals surface area contributed by atoms with Crippen molar-refractivity contribution in [2.75, 3.05) is 19.0 Å². The maximum absolute atomic E-state index is 5.40. The summed E-state index contributed by atoms with van der Waals surface area (Å²) in [7, 11) is 0. The molecule has 3 rings (SSSR count). The van der Waals surface area contributed by atoms with Crippen LogP contribution in [0.3, 0.4) is 0 Å². The van der Waals surface area contributed by atoms with E-state index in [0.29, 0.717) is 6.54 Å². The molecule has 0 atom stereocenters. The molecule has 1 spiro atoms. The van der Waals surface area contributed by atoms with Crippen molar-refractivity contribution < 1.29 is 9.26 Å². The van der Waals surface area contributed by atoms with Crippen molar-refractivity contribution in [3.05, 3.63) is 18.0 Å². The molecule has 0 aromatic carbocycles. The third kappa shape index (κ3) is 2.47. The summed E-state index contributed by atoms with van der Waals surface area (Å²) in [5.74, 6) is 1.09. The van der Waals surface area contributed by atoms with Crippen LogP contribution in [0, 0.1) is 0 Å². The highest BCUT2D eigenvalue weighted by Crippen LogP contribution is 2.31. The zero-order valence-corrected chi connectivity index (χ0v) is 10.3. The second kappa shape index (κ2) is 4.70. The molecule has 0 aliphatic carbocycles. The van der Waals surface area contributed by atoms with E-state index in [-0.39, 0.29) is 5.54 Å². The Morgan fingerprint density at radius 2 is 2.35 bits per heavy atom.